The first-order valence-electron chi connectivity index (χ1n) is 6.04. The third kappa shape index (κ3) is 2.12. The Kier molecular flexibility index (Phi) is 3.29. The van der Waals surface area contributed by atoms with E-state index < -0.39 is 5.54 Å². The van der Waals surface area contributed by atoms with Gasteiger partial charge in [-0.25, -0.2) is 4.39 Å². The van der Waals surface area contributed by atoms with Crippen LogP contribution in [0.2, 0.25) is 0 Å². The molecule has 1 fully saturated rings. The topological polar surface area (TPSA) is 20.3 Å². The van der Waals surface area contributed by atoms with Crippen LogP contribution >= 0.6 is 0 Å². The monoisotopic (exact) mass is 235 g/mol. The minimum atomic E-state index is -0.423. The van der Waals surface area contributed by atoms with Gasteiger partial charge in [-0.15, -0.1) is 0 Å². The number of rotatable bonds is 3. The zero-order valence-corrected chi connectivity index (χ0v) is 10.4. The molecule has 0 aromatic heterocycles. The molecule has 0 radical (unpaired) electrons. The van der Waals surface area contributed by atoms with E-state index in [2.05, 4.69) is 0 Å². The summed E-state index contributed by atoms with van der Waals surface area (Å²) in [6.45, 7) is 0. The van der Waals surface area contributed by atoms with Gasteiger partial charge in [0.15, 0.2) is 5.78 Å². The van der Waals surface area contributed by atoms with Crippen molar-refractivity contribution in [2.75, 3.05) is 14.1 Å². The van der Waals surface area contributed by atoms with Crippen molar-refractivity contribution in [2.24, 2.45) is 0 Å². The van der Waals surface area contributed by atoms with Crippen molar-refractivity contribution >= 4 is 5.78 Å². The van der Waals surface area contributed by atoms with E-state index in [1.807, 2.05) is 19.0 Å². The van der Waals surface area contributed by atoms with Gasteiger partial charge in [0, 0.05) is 5.56 Å². The van der Waals surface area contributed by atoms with Gasteiger partial charge in [0.05, 0.1) is 5.54 Å². The lowest BCUT2D eigenvalue weighted by Gasteiger charge is -2.34. The Balaban J connectivity index is 2.35. The Morgan fingerprint density at radius 3 is 2.47 bits per heavy atom. The molecule has 1 aromatic rings. The van der Waals surface area contributed by atoms with Gasteiger partial charge < -0.3 is 0 Å². The second-order valence-corrected chi connectivity index (χ2v) is 4.97. The molecule has 92 valence electrons. The van der Waals surface area contributed by atoms with E-state index in [0.29, 0.717) is 5.56 Å². The van der Waals surface area contributed by atoms with E-state index in [1.165, 1.54) is 12.1 Å². The van der Waals surface area contributed by atoms with Gasteiger partial charge in [0.25, 0.3) is 0 Å². The first-order chi connectivity index (χ1) is 8.06. The molecule has 1 aromatic carbocycles. The molecule has 0 aliphatic heterocycles. The van der Waals surface area contributed by atoms with E-state index in [-0.39, 0.29) is 11.6 Å². The van der Waals surface area contributed by atoms with E-state index in [9.17, 15) is 9.18 Å². The number of hydrogen-bond acceptors (Lipinski definition) is 2. The van der Waals surface area contributed by atoms with Crippen LogP contribution in [-0.2, 0) is 0 Å². The zero-order valence-electron chi connectivity index (χ0n) is 10.4. The van der Waals surface area contributed by atoms with Gasteiger partial charge >= 0.3 is 0 Å². The van der Waals surface area contributed by atoms with E-state index in [1.54, 1.807) is 12.1 Å². The quantitative estimate of drug-likeness (QED) is 0.751. The molecule has 0 N–H and O–H groups in total. The third-order valence-corrected chi connectivity index (χ3v) is 3.80. The van der Waals surface area contributed by atoms with Crippen molar-refractivity contribution in [3.63, 3.8) is 0 Å². The number of halogens is 1. The summed E-state index contributed by atoms with van der Waals surface area (Å²) in [7, 11) is 3.87. The van der Waals surface area contributed by atoms with Crippen molar-refractivity contribution in [3.8, 4) is 0 Å². The lowest BCUT2D eigenvalue weighted by molar-refractivity contribution is 0.0693. The highest BCUT2D eigenvalue weighted by Crippen LogP contribution is 2.36. The van der Waals surface area contributed by atoms with Gasteiger partial charge in [-0.05, 0) is 39.1 Å². The van der Waals surface area contributed by atoms with Crippen LogP contribution in [-0.4, -0.2) is 30.3 Å². The molecule has 0 bridgehead atoms. The van der Waals surface area contributed by atoms with Crippen LogP contribution in [0.1, 0.15) is 36.0 Å². The van der Waals surface area contributed by atoms with Crippen LogP contribution in [0.3, 0.4) is 0 Å². The summed E-state index contributed by atoms with van der Waals surface area (Å²) in [6, 6.07) is 6.01. The molecule has 3 heteroatoms. The minimum absolute atomic E-state index is 0.0551. The summed E-state index contributed by atoms with van der Waals surface area (Å²) in [4.78, 5) is 14.5. The molecular weight excluding hydrogens is 217 g/mol. The molecule has 1 aliphatic rings. The van der Waals surface area contributed by atoms with E-state index >= 15 is 0 Å². The fraction of sp³-hybridized carbons (Fsp3) is 0.500. The van der Waals surface area contributed by atoms with Gasteiger partial charge in [-0.1, -0.05) is 25.0 Å². The van der Waals surface area contributed by atoms with Gasteiger partial charge in [-0.2, -0.15) is 0 Å². The molecule has 17 heavy (non-hydrogen) atoms. The standard InChI is InChI=1S/C14H18FNO/c1-16(2)14(8-3-4-9-14)13(17)11-6-5-7-12(15)10-11/h5-7,10H,3-4,8-9H2,1-2H3. The van der Waals surface area contributed by atoms with Gasteiger partial charge in [0.2, 0.25) is 0 Å². The molecular formula is C14H18FNO. The molecule has 1 aliphatic carbocycles. The number of benzene rings is 1. The number of likely N-dealkylation sites (N-methyl/N-ethyl adjacent to an activating group) is 1. The summed E-state index contributed by atoms with van der Waals surface area (Å²) in [5.74, 6) is -0.290. The highest BCUT2D eigenvalue weighted by atomic mass is 19.1. The SMILES string of the molecule is CN(C)C1(C(=O)c2cccc(F)c2)CCCC1. The zero-order chi connectivity index (χ0) is 12.5. The molecule has 0 saturated heterocycles. The summed E-state index contributed by atoms with van der Waals surface area (Å²) in [5.41, 5.74) is 0.0638. The Morgan fingerprint density at radius 1 is 1.29 bits per heavy atom. The number of carbonyl (C=O) groups excluding carboxylic acids is 1. The maximum atomic E-state index is 13.2. The lowest BCUT2D eigenvalue weighted by atomic mass is 9.86. The smallest absolute Gasteiger partial charge is 0.183 e. The van der Waals surface area contributed by atoms with Crippen molar-refractivity contribution < 1.29 is 9.18 Å². The molecule has 2 rings (SSSR count). The average Bonchev–Trinajstić information content (AvgIpc) is 2.78. The first kappa shape index (κ1) is 12.2. The average molecular weight is 235 g/mol. The van der Waals surface area contributed by atoms with Crippen LogP contribution in [0.15, 0.2) is 24.3 Å². The predicted molar refractivity (Wildman–Crippen MR) is 65.6 cm³/mol. The Morgan fingerprint density at radius 2 is 1.94 bits per heavy atom. The molecule has 0 spiro atoms. The summed E-state index contributed by atoms with van der Waals surface area (Å²) in [6.07, 6.45) is 3.88. The Labute approximate surface area is 101 Å². The van der Waals surface area contributed by atoms with Crippen molar-refractivity contribution in [1.29, 1.82) is 0 Å². The molecule has 1 saturated carbocycles. The van der Waals surface area contributed by atoms with Crippen LogP contribution in [0.25, 0.3) is 0 Å². The fourth-order valence-electron chi connectivity index (χ4n) is 2.74. The number of hydrogen-bond donors (Lipinski definition) is 0. The van der Waals surface area contributed by atoms with Gasteiger partial charge in [-0.3, -0.25) is 9.69 Å². The Bertz CT molecular complexity index is 422. The van der Waals surface area contributed by atoms with Crippen molar-refractivity contribution in [1.82, 2.24) is 4.90 Å². The van der Waals surface area contributed by atoms with Crippen molar-refractivity contribution in [3.05, 3.63) is 35.6 Å². The van der Waals surface area contributed by atoms with E-state index in [4.69, 9.17) is 0 Å². The molecule has 0 atom stereocenters. The number of ketones is 1. The van der Waals surface area contributed by atoms with Crippen molar-refractivity contribution in [2.45, 2.75) is 31.2 Å². The second kappa shape index (κ2) is 4.57. The predicted octanol–water partition coefficient (Wildman–Crippen LogP) is 2.88. The number of carbonyl (C=O) groups is 1. The minimum Gasteiger partial charge on any atom is -0.297 e. The molecule has 0 amide bonds. The summed E-state index contributed by atoms with van der Waals surface area (Å²) < 4.78 is 13.2. The highest BCUT2D eigenvalue weighted by molar-refractivity contribution is 6.03. The van der Waals surface area contributed by atoms with Gasteiger partial charge in [0.1, 0.15) is 5.82 Å². The van der Waals surface area contributed by atoms with Crippen LogP contribution in [0.4, 0.5) is 4.39 Å². The fourth-order valence-corrected chi connectivity index (χ4v) is 2.74. The molecule has 0 heterocycles. The summed E-state index contributed by atoms with van der Waals surface area (Å²) in [5, 5.41) is 0. The lowest BCUT2D eigenvalue weighted by Crippen LogP contribution is -2.48. The second-order valence-electron chi connectivity index (χ2n) is 4.97. The molecule has 2 nitrogen and oxygen atoms in total. The van der Waals surface area contributed by atoms with Crippen LogP contribution in [0, 0.1) is 5.82 Å². The van der Waals surface area contributed by atoms with Crippen LogP contribution < -0.4 is 0 Å². The maximum absolute atomic E-state index is 13.2. The highest BCUT2D eigenvalue weighted by Gasteiger charge is 2.43. The number of Topliss-reactive ketones (excluding diaryl/α,β-unsaturated/α-hetero) is 1. The normalized spacial score (nSPS) is 18.6. The largest absolute Gasteiger partial charge is 0.297 e. The summed E-state index contributed by atoms with van der Waals surface area (Å²) >= 11 is 0. The van der Waals surface area contributed by atoms with E-state index in [0.717, 1.165) is 25.7 Å². The number of nitrogens with zero attached hydrogens (tertiary/aromatic N) is 1. The third-order valence-electron chi connectivity index (χ3n) is 3.80. The van der Waals surface area contributed by atoms with Crippen LogP contribution in [0.5, 0.6) is 0 Å². The molecule has 0 unspecified atom stereocenters. The Hall–Kier alpha value is -1.22. The first-order valence-corrected chi connectivity index (χ1v) is 6.04. The maximum Gasteiger partial charge on any atom is 0.183 e.